The summed E-state index contributed by atoms with van der Waals surface area (Å²) < 4.78 is 0. The van der Waals surface area contributed by atoms with Crippen molar-refractivity contribution in [3.05, 3.63) is 32.8 Å². The van der Waals surface area contributed by atoms with Gasteiger partial charge in [0.05, 0.1) is 4.92 Å². The monoisotopic (exact) mass is 227 g/mol. The molecule has 0 spiro atoms. The molecule has 5 nitrogen and oxygen atoms in total. The standard InChI is InChI=1S/C9H10ClN3O2/c10-7-1-2-8(13(14)15)9-6(7)5-11-3-4-12-9/h1-2,11-12H,3-5H2. The van der Waals surface area contributed by atoms with E-state index in [4.69, 9.17) is 11.6 Å². The molecule has 0 radical (unpaired) electrons. The van der Waals surface area contributed by atoms with Gasteiger partial charge in [-0.3, -0.25) is 10.1 Å². The van der Waals surface area contributed by atoms with Crippen molar-refractivity contribution in [2.75, 3.05) is 18.4 Å². The van der Waals surface area contributed by atoms with Crippen LogP contribution in [0.15, 0.2) is 12.1 Å². The molecule has 0 bridgehead atoms. The van der Waals surface area contributed by atoms with Gasteiger partial charge in [-0.1, -0.05) is 11.6 Å². The summed E-state index contributed by atoms with van der Waals surface area (Å²) in [6.07, 6.45) is 0. The summed E-state index contributed by atoms with van der Waals surface area (Å²) in [5.41, 5.74) is 1.39. The summed E-state index contributed by atoms with van der Waals surface area (Å²) in [7, 11) is 0. The first kappa shape index (κ1) is 10.2. The summed E-state index contributed by atoms with van der Waals surface area (Å²) in [6, 6.07) is 2.99. The highest BCUT2D eigenvalue weighted by atomic mass is 35.5. The molecule has 1 aromatic carbocycles. The van der Waals surface area contributed by atoms with Crippen molar-refractivity contribution in [1.29, 1.82) is 0 Å². The number of fused-ring (bicyclic) bond motifs is 1. The second-order valence-electron chi connectivity index (χ2n) is 3.28. The number of nitro benzene ring substituents is 1. The number of hydrogen-bond donors (Lipinski definition) is 2. The van der Waals surface area contributed by atoms with Crippen molar-refractivity contribution in [2.45, 2.75) is 6.54 Å². The van der Waals surface area contributed by atoms with Gasteiger partial charge >= 0.3 is 0 Å². The fraction of sp³-hybridized carbons (Fsp3) is 0.333. The highest BCUT2D eigenvalue weighted by molar-refractivity contribution is 6.32. The predicted molar refractivity (Wildman–Crippen MR) is 58.3 cm³/mol. The minimum absolute atomic E-state index is 0.0816. The van der Waals surface area contributed by atoms with Crippen molar-refractivity contribution in [1.82, 2.24) is 5.32 Å². The quantitative estimate of drug-likeness (QED) is 0.567. The number of hydrogen-bond acceptors (Lipinski definition) is 4. The maximum Gasteiger partial charge on any atom is 0.292 e. The van der Waals surface area contributed by atoms with Gasteiger partial charge in [-0.25, -0.2) is 0 Å². The third-order valence-corrected chi connectivity index (χ3v) is 2.69. The van der Waals surface area contributed by atoms with Crippen LogP contribution < -0.4 is 10.6 Å². The lowest BCUT2D eigenvalue weighted by molar-refractivity contribution is -0.384. The Morgan fingerprint density at radius 1 is 1.40 bits per heavy atom. The zero-order valence-electron chi connectivity index (χ0n) is 7.92. The van der Waals surface area contributed by atoms with E-state index in [-0.39, 0.29) is 5.69 Å². The van der Waals surface area contributed by atoms with Crippen LogP contribution in [0.3, 0.4) is 0 Å². The van der Waals surface area contributed by atoms with Gasteiger partial charge in [-0.2, -0.15) is 0 Å². The first-order valence-electron chi connectivity index (χ1n) is 4.60. The average molecular weight is 228 g/mol. The maximum absolute atomic E-state index is 10.8. The minimum atomic E-state index is -0.395. The molecule has 0 atom stereocenters. The normalized spacial score (nSPS) is 15.0. The van der Waals surface area contributed by atoms with Gasteiger partial charge in [0.25, 0.3) is 5.69 Å². The van der Waals surface area contributed by atoms with Crippen LogP contribution in [0, 0.1) is 10.1 Å². The molecule has 15 heavy (non-hydrogen) atoms. The second-order valence-corrected chi connectivity index (χ2v) is 3.69. The van der Waals surface area contributed by atoms with E-state index >= 15 is 0 Å². The fourth-order valence-electron chi connectivity index (χ4n) is 1.62. The van der Waals surface area contributed by atoms with E-state index in [0.717, 1.165) is 12.1 Å². The molecule has 80 valence electrons. The molecule has 6 heteroatoms. The van der Waals surface area contributed by atoms with Crippen LogP contribution in [0.2, 0.25) is 5.02 Å². The molecule has 0 amide bonds. The van der Waals surface area contributed by atoms with Crippen LogP contribution in [0.5, 0.6) is 0 Å². The van der Waals surface area contributed by atoms with E-state index in [2.05, 4.69) is 10.6 Å². The van der Waals surface area contributed by atoms with E-state index in [9.17, 15) is 10.1 Å². The van der Waals surface area contributed by atoms with Crippen molar-refractivity contribution >= 4 is 23.0 Å². The second kappa shape index (κ2) is 4.04. The Morgan fingerprint density at radius 2 is 2.20 bits per heavy atom. The summed E-state index contributed by atoms with van der Waals surface area (Å²) in [5.74, 6) is 0. The fourth-order valence-corrected chi connectivity index (χ4v) is 1.85. The highest BCUT2D eigenvalue weighted by Gasteiger charge is 2.21. The van der Waals surface area contributed by atoms with Crippen LogP contribution in [-0.4, -0.2) is 18.0 Å². The summed E-state index contributed by atoms with van der Waals surface area (Å²) in [5, 5.41) is 17.5. The SMILES string of the molecule is O=[N+]([O-])c1ccc(Cl)c2c1NCCNC2. The predicted octanol–water partition coefficient (Wildman–Crippen LogP) is 1.76. The molecular formula is C9H10ClN3O2. The molecule has 2 rings (SSSR count). The smallest absolute Gasteiger partial charge is 0.292 e. The molecule has 1 aliphatic rings. The third-order valence-electron chi connectivity index (χ3n) is 2.34. The number of benzene rings is 1. The van der Waals surface area contributed by atoms with Crippen LogP contribution in [-0.2, 0) is 6.54 Å². The molecule has 1 aliphatic heterocycles. The van der Waals surface area contributed by atoms with E-state index in [1.54, 1.807) is 6.07 Å². The Labute approximate surface area is 91.6 Å². The molecule has 2 N–H and O–H groups in total. The first-order valence-corrected chi connectivity index (χ1v) is 4.98. The summed E-state index contributed by atoms with van der Waals surface area (Å²) in [6.45, 7) is 1.99. The Hall–Kier alpha value is -1.33. The van der Waals surface area contributed by atoms with E-state index in [1.165, 1.54) is 6.07 Å². The molecule has 1 heterocycles. The third kappa shape index (κ3) is 1.88. The van der Waals surface area contributed by atoms with Gasteiger partial charge in [-0.15, -0.1) is 0 Å². The lowest BCUT2D eigenvalue weighted by atomic mass is 10.1. The molecule has 0 saturated carbocycles. The van der Waals surface area contributed by atoms with Gasteiger partial charge in [0, 0.05) is 36.3 Å². The summed E-state index contributed by atoms with van der Waals surface area (Å²) in [4.78, 5) is 10.4. The van der Waals surface area contributed by atoms with Gasteiger partial charge < -0.3 is 10.6 Å². The van der Waals surface area contributed by atoms with Gasteiger partial charge in [0.1, 0.15) is 5.69 Å². The molecule has 0 unspecified atom stereocenters. The Bertz CT molecular complexity index is 409. The molecule has 0 fully saturated rings. The zero-order chi connectivity index (χ0) is 10.8. The van der Waals surface area contributed by atoms with Crippen molar-refractivity contribution in [3.8, 4) is 0 Å². The number of anilines is 1. The van der Waals surface area contributed by atoms with Gasteiger partial charge in [0.2, 0.25) is 0 Å². The van der Waals surface area contributed by atoms with E-state index in [0.29, 0.717) is 23.8 Å². The van der Waals surface area contributed by atoms with Crippen LogP contribution >= 0.6 is 11.6 Å². The van der Waals surface area contributed by atoms with E-state index < -0.39 is 4.92 Å². The maximum atomic E-state index is 10.8. The minimum Gasteiger partial charge on any atom is -0.378 e. The largest absolute Gasteiger partial charge is 0.378 e. The Morgan fingerprint density at radius 3 is 2.93 bits per heavy atom. The number of rotatable bonds is 1. The number of nitrogens with zero attached hydrogens (tertiary/aromatic N) is 1. The molecule has 1 aromatic rings. The number of nitro groups is 1. The molecule has 0 saturated heterocycles. The molecule has 0 aromatic heterocycles. The van der Waals surface area contributed by atoms with Crippen LogP contribution in [0.1, 0.15) is 5.56 Å². The van der Waals surface area contributed by atoms with Gasteiger partial charge in [0.15, 0.2) is 0 Å². The first-order chi connectivity index (χ1) is 7.20. The Balaban J connectivity index is 2.56. The van der Waals surface area contributed by atoms with Crippen LogP contribution in [0.25, 0.3) is 0 Å². The molecule has 0 aliphatic carbocycles. The Kier molecular flexibility index (Phi) is 2.75. The lowest BCUT2D eigenvalue weighted by Crippen LogP contribution is -2.17. The van der Waals surface area contributed by atoms with Crippen molar-refractivity contribution in [3.63, 3.8) is 0 Å². The lowest BCUT2D eigenvalue weighted by Gasteiger charge is -2.08. The summed E-state index contributed by atoms with van der Waals surface area (Å²) >= 11 is 5.99. The number of nitrogens with one attached hydrogen (secondary N) is 2. The van der Waals surface area contributed by atoms with Crippen molar-refractivity contribution in [2.24, 2.45) is 0 Å². The van der Waals surface area contributed by atoms with Gasteiger partial charge in [-0.05, 0) is 6.07 Å². The van der Waals surface area contributed by atoms with Crippen LogP contribution in [0.4, 0.5) is 11.4 Å². The average Bonchev–Trinajstić information content (AvgIpc) is 2.43. The van der Waals surface area contributed by atoms with E-state index in [1.807, 2.05) is 0 Å². The zero-order valence-corrected chi connectivity index (χ0v) is 8.67. The highest BCUT2D eigenvalue weighted by Crippen LogP contribution is 2.34. The van der Waals surface area contributed by atoms with Crippen molar-refractivity contribution < 1.29 is 4.92 Å². The topological polar surface area (TPSA) is 67.2 Å². The number of halogens is 1. The molecular weight excluding hydrogens is 218 g/mol.